The topological polar surface area (TPSA) is 0 Å². The summed E-state index contributed by atoms with van der Waals surface area (Å²) < 4.78 is 6.05. The predicted octanol–water partition coefficient (Wildman–Crippen LogP) is 2.84. The zero-order valence-corrected chi connectivity index (χ0v) is 12.1. The van der Waals surface area contributed by atoms with Crippen LogP contribution in [0.4, 0.5) is 0 Å². The Morgan fingerprint density at radius 3 is 1.47 bits per heavy atom. The molecule has 2 saturated heterocycles. The van der Waals surface area contributed by atoms with E-state index in [1.54, 1.807) is 8.47 Å². The molecule has 0 saturated carbocycles. The molecule has 0 nitrogen and oxygen atoms in total. The van der Waals surface area contributed by atoms with Gasteiger partial charge in [0, 0.05) is 32.1 Å². The first-order valence-corrected chi connectivity index (χ1v) is 9.55. The first-order chi connectivity index (χ1) is 7.43. The summed E-state index contributed by atoms with van der Waals surface area (Å²) in [4.78, 5) is 0. The smallest absolute Gasteiger partial charge is 0.0575 e. The molecule has 2 aliphatic heterocycles. The van der Waals surface area contributed by atoms with Gasteiger partial charge in [0.2, 0.25) is 0 Å². The van der Waals surface area contributed by atoms with Crippen molar-refractivity contribution in [3.63, 3.8) is 0 Å². The Bertz CT molecular complexity index is 414. The second kappa shape index (κ2) is 5.00. The lowest BCUT2D eigenvalue weighted by atomic mass is 10.6. The van der Waals surface area contributed by atoms with Gasteiger partial charge in [0.15, 0.2) is 0 Å². The molecule has 2 fully saturated rings. The quantitative estimate of drug-likeness (QED) is 0.720. The highest BCUT2D eigenvalue weighted by molar-refractivity contribution is 8.33. The number of hydrogen-bond acceptors (Lipinski definition) is 5. The monoisotopic (exact) mass is 290 g/mol. The van der Waals surface area contributed by atoms with Crippen LogP contribution < -0.4 is 9.06 Å². The highest BCUT2D eigenvalue weighted by atomic mass is 32.2. The summed E-state index contributed by atoms with van der Waals surface area (Å²) in [5, 5.41) is 0. The molecule has 0 spiro atoms. The Balaban J connectivity index is 2.07. The molecule has 0 amide bonds. The van der Waals surface area contributed by atoms with Crippen molar-refractivity contribution in [1.29, 1.82) is 0 Å². The van der Waals surface area contributed by atoms with Crippen molar-refractivity contribution < 1.29 is 0 Å². The lowest BCUT2D eigenvalue weighted by molar-refractivity contribution is 1.59. The van der Waals surface area contributed by atoms with E-state index in [9.17, 15) is 0 Å². The van der Waals surface area contributed by atoms with Crippen LogP contribution in [0, 0.1) is 0 Å². The van der Waals surface area contributed by atoms with E-state index >= 15 is 0 Å². The third-order valence-corrected chi connectivity index (χ3v) is 9.24. The largest absolute Gasteiger partial charge is 0.133 e. The Morgan fingerprint density at radius 1 is 0.667 bits per heavy atom. The average Bonchev–Trinajstić information content (AvgIpc) is 3.02. The number of thioether (sulfide) groups is 4. The van der Waals surface area contributed by atoms with E-state index in [2.05, 4.69) is 12.1 Å². The van der Waals surface area contributed by atoms with Gasteiger partial charge in [-0.25, -0.2) is 0 Å². The molecule has 5 heteroatoms. The Hall–Kier alpha value is 0.840. The lowest BCUT2D eigenvalue weighted by Gasteiger charge is -1.89. The third kappa shape index (κ3) is 2.41. The molecule has 3 heterocycles. The van der Waals surface area contributed by atoms with E-state index in [4.69, 9.17) is 0 Å². The lowest BCUT2D eigenvalue weighted by Crippen LogP contribution is -1.95. The highest BCUT2D eigenvalue weighted by Gasteiger charge is 2.12. The van der Waals surface area contributed by atoms with E-state index in [1.807, 2.05) is 58.4 Å². The fourth-order valence-electron chi connectivity index (χ4n) is 1.46. The van der Waals surface area contributed by atoms with Crippen LogP contribution in [0.2, 0.25) is 0 Å². The van der Waals surface area contributed by atoms with Crippen LogP contribution in [0.1, 0.15) is 0 Å². The normalized spacial score (nSPS) is 21.6. The van der Waals surface area contributed by atoms with Crippen LogP contribution in [0.3, 0.4) is 0 Å². The van der Waals surface area contributed by atoms with Crippen LogP contribution in [0.15, 0.2) is 12.1 Å². The van der Waals surface area contributed by atoms with Gasteiger partial charge in [0.25, 0.3) is 0 Å². The molecule has 2 aliphatic rings. The fraction of sp³-hybridized carbons (Fsp3) is 0.400. The molecule has 1 aromatic rings. The van der Waals surface area contributed by atoms with E-state index in [0.717, 1.165) is 0 Å². The van der Waals surface area contributed by atoms with Gasteiger partial charge < -0.3 is 0 Å². The van der Waals surface area contributed by atoms with E-state index in [-0.39, 0.29) is 0 Å². The first kappa shape index (κ1) is 11.0. The van der Waals surface area contributed by atoms with Gasteiger partial charge in [-0.2, -0.15) is 0 Å². The predicted molar refractivity (Wildman–Crippen MR) is 80.2 cm³/mol. The summed E-state index contributed by atoms with van der Waals surface area (Å²) in [5.41, 5.74) is 0. The summed E-state index contributed by atoms with van der Waals surface area (Å²) >= 11 is 10.0. The number of thiophene rings is 1. The molecular weight excluding hydrogens is 280 g/mol. The zero-order chi connectivity index (χ0) is 10.1. The van der Waals surface area contributed by atoms with Crippen molar-refractivity contribution in [2.75, 3.05) is 23.0 Å². The van der Waals surface area contributed by atoms with Crippen LogP contribution in [-0.4, -0.2) is 23.0 Å². The Labute approximate surface area is 110 Å². The number of hydrogen-bond donors (Lipinski definition) is 0. The maximum absolute atomic E-state index is 2.30. The highest BCUT2D eigenvalue weighted by Crippen LogP contribution is 2.38. The molecule has 0 aromatic carbocycles. The zero-order valence-electron chi connectivity index (χ0n) is 8.02. The van der Waals surface area contributed by atoms with Gasteiger partial charge in [0.1, 0.15) is 0 Å². The molecule has 0 unspecified atom stereocenters. The fourth-order valence-corrected chi connectivity index (χ4v) is 7.93. The molecule has 0 atom stereocenters. The SMILES string of the molecule is c1cc(=C2SCCS2)sc1=C1SCCS1. The van der Waals surface area contributed by atoms with Gasteiger partial charge in [-0.3, -0.25) is 0 Å². The summed E-state index contributed by atoms with van der Waals surface area (Å²) in [5.74, 6) is 5.14. The van der Waals surface area contributed by atoms with E-state index < -0.39 is 0 Å². The van der Waals surface area contributed by atoms with Crippen LogP contribution in [0.5, 0.6) is 0 Å². The van der Waals surface area contributed by atoms with Crippen LogP contribution in [-0.2, 0) is 0 Å². The Kier molecular flexibility index (Phi) is 3.65. The van der Waals surface area contributed by atoms with Crippen molar-refractivity contribution in [1.82, 2.24) is 0 Å². The minimum absolute atomic E-state index is 1.29. The summed E-state index contributed by atoms with van der Waals surface area (Å²) in [6.07, 6.45) is 0. The minimum Gasteiger partial charge on any atom is -0.133 e. The average molecular weight is 291 g/mol. The maximum atomic E-state index is 2.30. The van der Waals surface area contributed by atoms with Gasteiger partial charge in [-0.05, 0) is 12.1 Å². The van der Waals surface area contributed by atoms with Crippen molar-refractivity contribution >= 4 is 66.9 Å². The Morgan fingerprint density at radius 2 is 1.07 bits per heavy atom. The van der Waals surface area contributed by atoms with E-state index in [0.29, 0.717) is 0 Å². The van der Waals surface area contributed by atoms with Crippen LogP contribution in [0.25, 0.3) is 8.47 Å². The molecule has 0 aliphatic carbocycles. The molecular formula is C10H10S5. The van der Waals surface area contributed by atoms with Crippen LogP contribution >= 0.6 is 58.4 Å². The summed E-state index contributed by atoms with van der Waals surface area (Å²) in [6.45, 7) is 0. The maximum Gasteiger partial charge on any atom is 0.0575 e. The van der Waals surface area contributed by atoms with Crippen molar-refractivity contribution in [3.05, 3.63) is 21.2 Å². The van der Waals surface area contributed by atoms with Crippen molar-refractivity contribution in [2.45, 2.75) is 0 Å². The van der Waals surface area contributed by atoms with E-state index in [1.165, 1.54) is 32.1 Å². The number of rotatable bonds is 0. The molecule has 80 valence electrons. The van der Waals surface area contributed by atoms with Gasteiger partial charge in [-0.15, -0.1) is 58.4 Å². The first-order valence-electron chi connectivity index (χ1n) is 4.79. The standard InChI is InChI=1S/C10H10S5/c1-2-8(10-13-5-6-14-10)15-7(1)9-11-3-4-12-9/h1-2H,3-6H2. The minimum atomic E-state index is 1.29. The molecule has 0 bridgehead atoms. The second-order valence-electron chi connectivity index (χ2n) is 3.13. The van der Waals surface area contributed by atoms with Gasteiger partial charge in [-0.1, -0.05) is 0 Å². The molecule has 1 aromatic heterocycles. The molecule has 0 radical (unpaired) electrons. The molecule has 3 rings (SSSR count). The third-order valence-electron chi connectivity index (χ3n) is 2.11. The van der Waals surface area contributed by atoms with Gasteiger partial charge >= 0.3 is 0 Å². The molecule has 15 heavy (non-hydrogen) atoms. The van der Waals surface area contributed by atoms with Crippen molar-refractivity contribution in [2.24, 2.45) is 0 Å². The molecule has 0 N–H and O–H groups in total. The summed E-state index contributed by atoms with van der Waals surface area (Å²) in [6, 6.07) is 4.60. The summed E-state index contributed by atoms with van der Waals surface area (Å²) in [7, 11) is 0. The second-order valence-corrected chi connectivity index (χ2v) is 9.15. The van der Waals surface area contributed by atoms with Gasteiger partial charge in [0.05, 0.1) is 8.47 Å². The van der Waals surface area contributed by atoms with Crippen molar-refractivity contribution in [3.8, 4) is 0 Å².